The van der Waals surface area contributed by atoms with Crippen LogP contribution < -0.4 is 4.74 Å². The molecule has 2 aromatic carbocycles. The van der Waals surface area contributed by atoms with Crippen LogP contribution in [0, 0.1) is 6.92 Å². The maximum Gasteiger partial charge on any atom is 0.320 e. The van der Waals surface area contributed by atoms with Gasteiger partial charge in [-0.15, -0.1) is 0 Å². The van der Waals surface area contributed by atoms with Gasteiger partial charge in [0.2, 0.25) is 0 Å². The first kappa shape index (κ1) is 17.5. The zero-order valence-electron chi connectivity index (χ0n) is 14.8. The van der Waals surface area contributed by atoms with Gasteiger partial charge in [-0.3, -0.25) is 9.69 Å². The second-order valence-corrected chi connectivity index (χ2v) is 6.59. The van der Waals surface area contributed by atoms with E-state index in [4.69, 9.17) is 4.74 Å². The van der Waals surface area contributed by atoms with E-state index in [0.717, 1.165) is 41.8 Å². The molecule has 2 aromatic rings. The van der Waals surface area contributed by atoms with E-state index >= 15 is 0 Å². The second-order valence-electron chi connectivity index (χ2n) is 6.59. The van der Waals surface area contributed by atoms with Gasteiger partial charge in [0.05, 0.1) is 13.2 Å². The van der Waals surface area contributed by atoms with Crippen LogP contribution in [0.25, 0.3) is 0 Å². The molecule has 2 unspecified atom stereocenters. The van der Waals surface area contributed by atoms with Crippen molar-refractivity contribution in [3.05, 3.63) is 65.2 Å². The van der Waals surface area contributed by atoms with Gasteiger partial charge in [0.1, 0.15) is 11.8 Å². The van der Waals surface area contributed by atoms with Crippen LogP contribution in [0.4, 0.5) is 0 Å². The molecule has 4 heteroatoms. The fourth-order valence-corrected chi connectivity index (χ4v) is 3.84. The van der Waals surface area contributed by atoms with E-state index in [0.29, 0.717) is 6.42 Å². The first-order chi connectivity index (χ1) is 12.1. The highest BCUT2D eigenvalue weighted by molar-refractivity contribution is 5.74. The van der Waals surface area contributed by atoms with Crippen LogP contribution in [0.15, 0.2) is 48.5 Å². The number of rotatable bonds is 5. The van der Waals surface area contributed by atoms with Crippen molar-refractivity contribution in [1.29, 1.82) is 0 Å². The summed E-state index contributed by atoms with van der Waals surface area (Å²) in [4.78, 5) is 14.0. The Bertz CT molecular complexity index is 743. The molecule has 0 amide bonds. The number of nitrogens with zero attached hydrogens (tertiary/aromatic N) is 1. The van der Waals surface area contributed by atoms with Crippen LogP contribution in [-0.4, -0.2) is 35.7 Å². The molecule has 1 saturated heterocycles. The molecular formula is C21H25NO3. The van der Waals surface area contributed by atoms with Crippen molar-refractivity contribution < 1.29 is 14.6 Å². The summed E-state index contributed by atoms with van der Waals surface area (Å²) >= 11 is 0. The minimum absolute atomic E-state index is 0.126. The zero-order valence-corrected chi connectivity index (χ0v) is 14.8. The average molecular weight is 339 g/mol. The van der Waals surface area contributed by atoms with Crippen LogP contribution in [0.3, 0.4) is 0 Å². The van der Waals surface area contributed by atoms with Gasteiger partial charge in [0.15, 0.2) is 0 Å². The van der Waals surface area contributed by atoms with E-state index in [1.807, 2.05) is 36.4 Å². The van der Waals surface area contributed by atoms with Crippen LogP contribution >= 0.6 is 0 Å². The van der Waals surface area contributed by atoms with Crippen LogP contribution in [0.5, 0.6) is 5.75 Å². The third kappa shape index (κ3) is 3.54. The molecule has 0 radical (unpaired) electrons. The van der Waals surface area contributed by atoms with Gasteiger partial charge in [-0.1, -0.05) is 48.9 Å². The number of carboxylic acids is 1. The van der Waals surface area contributed by atoms with Crippen molar-refractivity contribution in [2.24, 2.45) is 0 Å². The van der Waals surface area contributed by atoms with Crippen LogP contribution in [0.1, 0.15) is 42.0 Å². The Morgan fingerprint density at radius 1 is 1.12 bits per heavy atom. The molecular weight excluding hydrogens is 314 g/mol. The molecule has 1 fully saturated rings. The van der Waals surface area contributed by atoms with E-state index in [1.54, 1.807) is 7.11 Å². The lowest BCUT2D eigenvalue weighted by molar-refractivity contribution is -0.145. The maximum absolute atomic E-state index is 11.9. The number of ether oxygens (including phenoxy) is 1. The number of carbonyl (C=O) groups is 1. The Balaban J connectivity index is 2.15. The van der Waals surface area contributed by atoms with E-state index < -0.39 is 12.0 Å². The highest BCUT2D eigenvalue weighted by Gasteiger charge is 2.36. The number of carboxylic acid groups (broad SMARTS) is 1. The Hall–Kier alpha value is -2.33. The number of hydrogen-bond acceptors (Lipinski definition) is 3. The SMILES string of the molecule is COc1ccccc1C(c1ccccc1C)N1CCCCC1C(=O)O. The second kappa shape index (κ2) is 7.70. The number of para-hydroxylation sites is 1. The molecule has 3 rings (SSSR count). The highest BCUT2D eigenvalue weighted by atomic mass is 16.5. The van der Waals surface area contributed by atoms with Crippen molar-refractivity contribution in [3.8, 4) is 5.75 Å². The third-order valence-corrected chi connectivity index (χ3v) is 5.08. The Labute approximate surface area is 149 Å². The van der Waals surface area contributed by atoms with Crippen molar-refractivity contribution in [3.63, 3.8) is 0 Å². The van der Waals surface area contributed by atoms with Crippen molar-refractivity contribution in [2.45, 2.75) is 38.3 Å². The number of piperidine rings is 1. The number of aliphatic carboxylic acids is 1. The Morgan fingerprint density at radius 3 is 2.48 bits per heavy atom. The van der Waals surface area contributed by atoms with Gasteiger partial charge in [-0.05, 0) is 43.5 Å². The van der Waals surface area contributed by atoms with Crippen molar-refractivity contribution in [2.75, 3.05) is 13.7 Å². The summed E-state index contributed by atoms with van der Waals surface area (Å²) < 4.78 is 5.60. The van der Waals surface area contributed by atoms with Crippen LogP contribution in [0.2, 0.25) is 0 Å². The van der Waals surface area contributed by atoms with E-state index in [-0.39, 0.29) is 6.04 Å². The predicted molar refractivity (Wildman–Crippen MR) is 98.0 cm³/mol. The van der Waals surface area contributed by atoms with Gasteiger partial charge < -0.3 is 9.84 Å². The fraction of sp³-hybridized carbons (Fsp3) is 0.381. The molecule has 1 aliphatic heterocycles. The van der Waals surface area contributed by atoms with Gasteiger partial charge in [-0.2, -0.15) is 0 Å². The quantitative estimate of drug-likeness (QED) is 0.893. The number of methoxy groups -OCH3 is 1. The monoisotopic (exact) mass is 339 g/mol. The lowest BCUT2D eigenvalue weighted by atomic mass is 9.89. The van der Waals surface area contributed by atoms with Crippen molar-refractivity contribution in [1.82, 2.24) is 4.90 Å². The molecule has 1 N–H and O–H groups in total. The number of benzene rings is 2. The first-order valence-corrected chi connectivity index (χ1v) is 8.80. The minimum atomic E-state index is -0.742. The molecule has 25 heavy (non-hydrogen) atoms. The van der Waals surface area contributed by atoms with Gasteiger partial charge in [0.25, 0.3) is 0 Å². The number of hydrogen-bond donors (Lipinski definition) is 1. The smallest absolute Gasteiger partial charge is 0.320 e. The summed E-state index contributed by atoms with van der Waals surface area (Å²) in [6, 6.07) is 15.5. The van der Waals surface area contributed by atoms with E-state index in [1.165, 1.54) is 0 Å². The third-order valence-electron chi connectivity index (χ3n) is 5.08. The number of aryl methyl sites for hydroxylation is 1. The minimum Gasteiger partial charge on any atom is -0.496 e. The molecule has 132 valence electrons. The summed E-state index contributed by atoms with van der Waals surface area (Å²) in [5.74, 6) is 0.0543. The largest absolute Gasteiger partial charge is 0.496 e. The normalized spacial score (nSPS) is 19.4. The lowest BCUT2D eigenvalue weighted by Crippen LogP contribution is -2.47. The topological polar surface area (TPSA) is 49.8 Å². The van der Waals surface area contributed by atoms with Crippen LogP contribution in [-0.2, 0) is 4.79 Å². The van der Waals surface area contributed by atoms with Gasteiger partial charge >= 0.3 is 5.97 Å². The van der Waals surface area contributed by atoms with E-state index in [2.05, 4.69) is 24.0 Å². The molecule has 4 nitrogen and oxygen atoms in total. The molecule has 0 saturated carbocycles. The van der Waals surface area contributed by atoms with Gasteiger partial charge in [-0.25, -0.2) is 0 Å². The maximum atomic E-state index is 11.9. The molecule has 0 spiro atoms. The molecule has 0 aromatic heterocycles. The summed E-state index contributed by atoms with van der Waals surface area (Å²) in [6.07, 6.45) is 2.66. The van der Waals surface area contributed by atoms with Gasteiger partial charge in [0, 0.05) is 5.56 Å². The lowest BCUT2D eigenvalue weighted by Gasteiger charge is -2.40. The van der Waals surface area contributed by atoms with Crippen molar-refractivity contribution >= 4 is 5.97 Å². The summed E-state index contributed by atoms with van der Waals surface area (Å²) in [6.45, 7) is 2.85. The molecule has 1 aliphatic rings. The summed E-state index contributed by atoms with van der Waals surface area (Å²) in [7, 11) is 1.67. The predicted octanol–water partition coefficient (Wildman–Crippen LogP) is 4.03. The molecule has 0 aliphatic carbocycles. The standard InChI is InChI=1S/C21H25NO3/c1-15-9-3-4-10-16(15)20(17-11-5-6-13-19(17)25-2)22-14-8-7-12-18(22)21(23)24/h3-6,9-11,13,18,20H,7-8,12,14H2,1-2H3,(H,23,24). The Kier molecular flexibility index (Phi) is 5.39. The fourth-order valence-electron chi connectivity index (χ4n) is 3.84. The highest BCUT2D eigenvalue weighted by Crippen LogP contribution is 2.39. The first-order valence-electron chi connectivity index (χ1n) is 8.80. The Morgan fingerprint density at radius 2 is 1.80 bits per heavy atom. The zero-order chi connectivity index (χ0) is 17.8. The average Bonchev–Trinajstić information content (AvgIpc) is 2.64. The molecule has 2 atom stereocenters. The summed E-state index contributed by atoms with van der Waals surface area (Å²) in [5.41, 5.74) is 3.32. The van der Waals surface area contributed by atoms with E-state index in [9.17, 15) is 9.90 Å². The molecule has 0 bridgehead atoms. The molecule has 1 heterocycles. The summed E-state index contributed by atoms with van der Waals surface area (Å²) in [5, 5.41) is 9.77. The number of likely N-dealkylation sites (tertiary alicyclic amines) is 1.